The summed E-state index contributed by atoms with van der Waals surface area (Å²) in [5, 5.41) is 6.42. The lowest BCUT2D eigenvalue weighted by Crippen LogP contribution is -2.39. The smallest absolute Gasteiger partial charge is 0.191 e. The second-order valence-electron chi connectivity index (χ2n) is 7.50. The first-order chi connectivity index (χ1) is 12.5. The molecule has 0 saturated heterocycles. The summed E-state index contributed by atoms with van der Waals surface area (Å²) in [6.07, 6.45) is 1.78. The molecular formula is C19H32FN3O3S. The molecule has 1 rings (SSSR count). The predicted octanol–water partition coefficient (Wildman–Crippen LogP) is 2.91. The van der Waals surface area contributed by atoms with Crippen LogP contribution in [0.2, 0.25) is 0 Å². The van der Waals surface area contributed by atoms with Crippen LogP contribution < -0.4 is 15.4 Å². The maximum atomic E-state index is 13.9. The Morgan fingerprint density at radius 3 is 2.56 bits per heavy atom. The SMILES string of the molecule is CCNC(=NCC(C)(C)CCS(C)(=O)=O)NC(C)c1ccc(OC)c(F)c1. The molecule has 1 aromatic rings. The highest BCUT2D eigenvalue weighted by Gasteiger charge is 2.20. The summed E-state index contributed by atoms with van der Waals surface area (Å²) in [6, 6.07) is 4.68. The number of benzene rings is 1. The van der Waals surface area contributed by atoms with Crippen molar-refractivity contribution in [3.8, 4) is 5.75 Å². The van der Waals surface area contributed by atoms with E-state index >= 15 is 0 Å². The summed E-state index contributed by atoms with van der Waals surface area (Å²) in [4.78, 5) is 4.59. The molecule has 2 N–H and O–H groups in total. The van der Waals surface area contributed by atoms with E-state index in [9.17, 15) is 12.8 Å². The minimum Gasteiger partial charge on any atom is -0.494 e. The minimum atomic E-state index is -3.00. The molecule has 0 aromatic heterocycles. The van der Waals surface area contributed by atoms with Crippen LogP contribution in [0.25, 0.3) is 0 Å². The van der Waals surface area contributed by atoms with Crippen LogP contribution in [0, 0.1) is 11.2 Å². The third kappa shape index (κ3) is 8.60. The van der Waals surface area contributed by atoms with Gasteiger partial charge in [-0.25, -0.2) is 12.8 Å². The Hall–Kier alpha value is -1.83. The fraction of sp³-hybridized carbons (Fsp3) is 0.632. The maximum absolute atomic E-state index is 13.9. The first kappa shape index (κ1) is 23.2. The normalized spacial score (nSPS) is 14.0. The second kappa shape index (κ2) is 9.92. The van der Waals surface area contributed by atoms with Crippen LogP contribution in [0.15, 0.2) is 23.2 Å². The first-order valence-electron chi connectivity index (χ1n) is 9.03. The van der Waals surface area contributed by atoms with Gasteiger partial charge >= 0.3 is 0 Å². The zero-order valence-corrected chi connectivity index (χ0v) is 17.9. The highest BCUT2D eigenvalue weighted by Crippen LogP contribution is 2.23. The number of nitrogens with one attached hydrogen (secondary N) is 2. The van der Waals surface area contributed by atoms with E-state index in [0.29, 0.717) is 25.5 Å². The monoisotopic (exact) mass is 401 g/mol. The lowest BCUT2D eigenvalue weighted by Gasteiger charge is -2.24. The molecule has 0 aliphatic rings. The molecule has 0 amide bonds. The molecule has 0 spiro atoms. The van der Waals surface area contributed by atoms with Crippen LogP contribution in [0.3, 0.4) is 0 Å². The van der Waals surface area contributed by atoms with E-state index in [-0.39, 0.29) is 23.0 Å². The van der Waals surface area contributed by atoms with E-state index < -0.39 is 15.7 Å². The third-order valence-corrected chi connectivity index (χ3v) is 5.13. The molecule has 1 aromatic carbocycles. The molecule has 154 valence electrons. The van der Waals surface area contributed by atoms with E-state index in [0.717, 1.165) is 5.56 Å². The Morgan fingerprint density at radius 1 is 1.37 bits per heavy atom. The molecule has 8 heteroatoms. The number of ether oxygens (including phenoxy) is 1. The lowest BCUT2D eigenvalue weighted by atomic mass is 9.90. The van der Waals surface area contributed by atoms with Gasteiger partial charge in [0.15, 0.2) is 17.5 Å². The van der Waals surface area contributed by atoms with Crippen molar-refractivity contribution in [2.45, 2.75) is 40.2 Å². The van der Waals surface area contributed by atoms with Crippen molar-refractivity contribution in [2.75, 3.05) is 32.2 Å². The zero-order chi connectivity index (χ0) is 20.7. The summed E-state index contributed by atoms with van der Waals surface area (Å²) in [5.41, 5.74) is 0.524. The van der Waals surface area contributed by atoms with E-state index in [1.54, 1.807) is 12.1 Å². The highest BCUT2D eigenvalue weighted by atomic mass is 32.2. The lowest BCUT2D eigenvalue weighted by molar-refractivity contribution is 0.365. The van der Waals surface area contributed by atoms with Crippen molar-refractivity contribution in [3.63, 3.8) is 0 Å². The summed E-state index contributed by atoms with van der Waals surface area (Å²) >= 11 is 0. The molecule has 0 heterocycles. The number of methoxy groups -OCH3 is 1. The van der Waals surface area contributed by atoms with E-state index in [4.69, 9.17) is 4.74 Å². The van der Waals surface area contributed by atoms with Gasteiger partial charge in [-0.3, -0.25) is 4.99 Å². The van der Waals surface area contributed by atoms with E-state index in [1.165, 1.54) is 19.4 Å². The summed E-state index contributed by atoms with van der Waals surface area (Å²) < 4.78 is 41.7. The van der Waals surface area contributed by atoms with Gasteiger partial charge in [-0.05, 0) is 43.4 Å². The topological polar surface area (TPSA) is 79.8 Å². The Kier molecular flexibility index (Phi) is 8.53. The van der Waals surface area contributed by atoms with Gasteiger partial charge in [0.2, 0.25) is 0 Å². The van der Waals surface area contributed by atoms with Gasteiger partial charge in [-0.2, -0.15) is 0 Å². The van der Waals surface area contributed by atoms with Crippen LogP contribution in [-0.2, 0) is 9.84 Å². The number of sulfone groups is 1. The quantitative estimate of drug-likeness (QED) is 0.491. The van der Waals surface area contributed by atoms with Crippen molar-refractivity contribution in [1.29, 1.82) is 0 Å². The molecule has 0 saturated carbocycles. The van der Waals surface area contributed by atoms with Gasteiger partial charge in [-0.1, -0.05) is 19.9 Å². The molecule has 0 aliphatic heterocycles. The average molecular weight is 402 g/mol. The molecule has 0 fully saturated rings. The maximum Gasteiger partial charge on any atom is 0.191 e. The van der Waals surface area contributed by atoms with Gasteiger partial charge in [-0.15, -0.1) is 0 Å². The second-order valence-corrected chi connectivity index (χ2v) is 9.76. The van der Waals surface area contributed by atoms with Crippen LogP contribution in [-0.4, -0.2) is 46.6 Å². The van der Waals surface area contributed by atoms with Crippen LogP contribution in [0.5, 0.6) is 5.75 Å². The number of halogens is 1. The molecule has 1 unspecified atom stereocenters. The van der Waals surface area contributed by atoms with Crippen molar-refractivity contribution in [2.24, 2.45) is 10.4 Å². The number of rotatable bonds is 9. The molecule has 1 atom stereocenters. The number of guanidine groups is 1. The Labute approximate surface area is 162 Å². The number of hydrogen-bond donors (Lipinski definition) is 2. The molecule has 0 bridgehead atoms. The first-order valence-corrected chi connectivity index (χ1v) is 11.1. The zero-order valence-electron chi connectivity index (χ0n) is 17.1. The minimum absolute atomic E-state index is 0.140. The summed E-state index contributed by atoms with van der Waals surface area (Å²) in [5.74, 6) is 0.543. The number of hydrogen-bond acceptors (Lipinski definition) is 4. The fourth-order valence-electron chi connectivity index (χ4n) is 2.39. The van der Waals surface area contributed by atoms with Crippen LogP contribution in [0.1, 0.15) is 45.7 Å². The molecular weight excluding hydrogens is 369 g/mol. The molecule has 0 radical (unpaired) electrons. The van der Waals surface area contributed by atoms with E-state index in [2.05, 4.69) is 15.6 Å². The Balaban J connectivity index is 2.82. The van der Waals surface area contributed by atoms with Gasteiger partial charge in [0.05, 0.1) is 18.9 Å². The van der Waals surface area contributed by atoms with E-state index in [1.807, 2.05) is 27.7 Å². The van der Waals surface area contributed by atoms with Crippen LogP contribution in [0.4, 0.5) is 4.39 Å². The van der Waals surface area contributed by atoms with Crippen molar-refractivity contribution in [1.82, 2.24) is 10.6 Å². The van der Waals surface area contributed by atoms with Crippen molar-refractivity contribution in [3.05, 3.63) is 29.6 Å². The third-order valence-electron chi connectivity index (χ3n) is 4.19. The van der Waals surface area contributed by atoms with Gasteiger partial charge in [0, 0.05) is 19.3 Å². The molecule has 27 heavy (non-hydrogen) atoms. The Bertz CT molecular complexity index is 749. The number of aliphatic imine (C=N–C) groups is 1. The predicted molar refractivity (Wildman–Crippen MR) is 109 cm³/mol. The van der Waals surface area contributed by atoms with Gasteiger partial charge in [0.1, 0.15) is 9.84 Å². The van der Waals surface area contributed by atoms with Crippen molar-refractivity contribution >= 4 is 15.8 Å². The number of nitrogens with zero attached hydrogens (tertiary/aromatic N) is 1. The fourth-order valence-corrected chi connectivity index (χ4v) is 3.32. The summed E-state index contributed by atoms with van der Waals surface area (Å²) in [7, 11) is -1.56. The van der Waals surface area contributed by atoms with Gasteiger partial charge < -0.3 is 15.4 Å². The largest absolute Gasteiger partial charge is 0.494 e. The summed E-state index contributed by atoms with van der Waals surface area (Å²) in [6.45, 7) is 9.02. The van der Waals surface area contributed by atoms with Gasteiger partial charge in [0.25, 0.3) is 0 Å². The Morgan fingerprint density at radius 2 is 2.04 bits per heavy atom. The average Bonchev–Trinajstić information content (AvgIpc) is 2.57. The molecule has 6 nitrogen and oxygen atoms in total. The highest BCUT2D eigenvalue weighted by molar-refractivity contribution is 7.90. The van der Waals surface area contributed by atoms with Crippen molar-refractivity contribution < 1.29 is 17.5 Å². The standard InChI is InChI=1S/C19H32FN3O3S/c1-7-21-18(22-13-19(3,4)10-11-27(6,24)25)23-14(2)15-8-9-17(26-5)16(20)12-15/h8-9,12,14H,7,10-11,13H2,1-6H3,(H2,21,22,23). The molecule has 0 aliphatic carbocycles. The van der Waals surface area contributed by atoms with Crippen LogP contribution >= 0.6 is 0 Å².